The van der Waals surface area contributed by atoms with E-state index < -0.39 is 17.1 Å². The second-order valence-electron chi connectivity index (χ2n) is 2.97. The molecule has 0 bridgehead atoms. The van der Waals surface area contributed by atoms with E-state index in [0.717, 1.165) is 6.07 Å². The molecular formula is C10H10FNO4. The van der Waals surface area contributed by atoms with Gasteiger partial charge >= 0.3 is 5.97 Å². The molecule has 0 radical (unpaired) electrons. The van der Waals surface area contributed by atoms with Gasteiger partial charge in [-0.3, -0.25) is 10.1 Å². The van der Waals surface area contributed by atoms with E-state index in [1.165, 1.54) is 18.2 Å². The molecule has 16 heavy (non-hydrogen) atoms. The molecule has 0 aliphatic rings. The van der Waals surface area contributed by atoms with Crippen LogP contribution in [0.25, 0.3) is 0 Å². The van der Waals surface area contributed by atoms with E-state index in [1.54, 1.807) is 6.92 Å². The van der Waals surface area contributed by atoms with Crippen LogP contribution in [0.15, 0.2) is 24.3 Å². The molecule has 6 heteroatoms. The predicted molar refractivity (Wildman–Crippen MR) is 53.6 cm³/mol. The van der Waals surface area contributed by atoms with E-state index in [9.17, 15) is 19.3 Å². The summed E-state index contributed by atoms with van der Waals surface area (Å²) < 4.78 is 17.9. The fourth-order valence-corrected chi connectivity index (χ4v) is 1.15. The van der Waals surface area contributed by atoms with E-state index in [0.29, 0.717) is 0 Å². The Kier molecular flexibility index (Phi) is 3.93. The highest BCUT2D eigenvalue weighted by Gasteiger charge is 2.22. The van der Waals surface area contributed by atoms with Crippen LogP contribution in [0, 0.1) is 10.1 Å². The van der Waals surface area contributed by atoms with Crippen molar-refractivity contribution in [3.8, 4) is 0 Å². The largest absolute Gasteiger partial charge is 0.464 e. The first kappa shape index (κ1) is 12.1. The van der Waals surface area contributed by atoms with Crippen LogP contribution in [0.3, 0.4) is 0 Å². The van der Waals surface area contributed by atoms with Gasteiger partial charge in [0.25, 0.3) is 5.69 Å². The molecule has 1 aromatic carbocycles. The molecule has 0 saturated heterocycles. The summed E-state index contributed by atoms with van der Waals surface area (Å²) in [5.41, 5.74) is -0.336. The normalized spacial score (nSPS) is 11.9. The van der Waals surface area contributed by atoms with Gasteiger partial charge in [0.05, 0.1) is 11.5 Å². The molecule has 0 amide bonds. The monoisotopic (exact) mass is 227 g/mol. The molecule has 5 nitrogen and oxygen atoms in total. The first-order chi connectivity index (χ1) is 7.56. The van der Waals surface area contributed by atoms with Gasteiger partial charge in [-0.05, 0) is 6.92 Å². The Labute approximate surface area is 91.0 Å². The average molecular weight is 227 g/mol. The maximum Gasteiger partial charge on any atom is 0.345 e. The topological polar surface area (TPSA) is 69.4 Å². The third-order valence-corrected chi connectivity index (χ3v) is 1.87. The Hall–Kier alpha value is -1.98. The molecule has 0 heterocycles. The number of nitro benzene ring substituents is 1. The van der Waals surface area contributed by atoms with Crippen molar-refractivity contribution in [2.45, 2.75) is 13.1 Å². The smallest absolute Gasteiger partial charge is 0.345 e. The predicted octanol–water partition coefficient (Wildman–Crippen LogP) is 2.17. The highest BCUT2D eigenvalue weighted by atomic mass is 19.1. The third-order valence-electron chi connectivity index (χ3n) is 1.87. The Morgan fingerprint density at radius 2 is 2.31 bits per heavy atom. The van der Waals surface area contributed by atoms with Crippen LogP contribution in [-0.4, -0.2) is 17.5 Å². The molecule has 0 spiro atoms. The summed E-state index contributed by atoms with van der Waals surface area (Å²) in [7, 11) is 0. The average Bonchev–Trinajstić information content (AvgIpc) is 2.28. The van der Waals surface area contributed by atoms with Crippen molar-refractivity contribution in [2.75, 3.05) is 6.61 Å². The lowest BCUT2D eigenvalue weighted by Gasteiger charge is -2.07. The quantitative estimate of drug-likeness (QED) is 0.449. The van der Waals surface area contributed by atoms with E-state index >= 15 is 0 Å². The number of carbonyl (C=O) groups excluding carboxylic acids is 1. The highest BCUT2D eigenvalue weighted by molar-refractivity contribution is 5.76. The number of halogens is 1. The van der Waals surface area contributed by atoms with E-state index in [-0.39, 0.29) is 17.9 Å². The standard InChI is InChI=1S/C10H10FNO4/c1-2-16-10(13)9(11)7-4-3-5-8(6-7)12(14)15/h3-6,9H,2H2,1H3. The molecule has 0 N–H and O–H groups in total. The third kappa shape index (κ3) is 2.75. The molecule has 0 fully saturated rings. The van der Waals surface area contributed by atoms with Gasteiger partial charge in [-0.2, -0.15) is 0 Å². The van der Waals surface area contributed by atoms with E-state index in [1.807, 2.05) is 0 Å². The summed E-state index contributed by atoms with van der Waals surface area (Å²) in [5, 5.41) is 10.4. The Balaban J connectivity index is 2.91. The lowest BCUT2D eigenvalue weighted by molar-refractivity contribution is -0.384. The number of alkyl halides is 1. The van der Waals surface area contributed by atoms with Crippen LogP contribution < -0.4 is 0 Å². The number of benzene rings is 1. The summed E-state index contributed by atoms with van der Waals surface area (Å²) in [6.45, 7) is 1.62. The number of nitrogens with zero attached hydrogens (tertiary/aromatic N) is 1. The summed E-state index contributed by atoms with van der Waals surface area (Å²) in [4.78, 5) is 20.8. The summed E-state index contributed by atoms with van der Waals surface area (Å²) in [6, 6.07) is 4.86. The molecular weight excluding hydrogens is 217 g/mol. The zero-order valence-electron chi connectivity index (χ0n) is 8.55. The van der Waals surface area contributed by atoms with Crippen molar-refractivity contribution in [2.24, 2.45) is 0 Å². The van der Waals surface area contributed by atoms with Gasteiger partial charge in [0, 0.05) is 17.7 Å². The van der Waals surface area contributed by atoms with Crippen LogP contribution in [0.5, 0.6) is 0 Å². The number of non-ortho nitro benzene ring substituents is 1. The molecule has 1 unspecified atom stereocenters. The fraction of sp³-hybridized carbons (Fsp3) is 0.300. The fourth-order valence-electron chi connectivity index (χ4n) is 1.15. The first-order valence-electron chi connectivity index (χ1n) is 4.61. The van der Waals surface area contributed by atoms with Crippen LogP contribution in [0.2, 0.25) is 0 Å². The second kappa shape index (κ2) is 5.20. The van der Waals surface area contributed by atoms with Crippen molar-refractivity contribution in [1.29, 1.82) is 0 Å². The van der Waals surface area contributed by atoms with Crippen molar-refractivity contribution < 1.29 is 18.8 Å². The van der Waals surface area contributed by atoms with Gasteiger partial charge in [-0.1, -0.05) is 12.1 Å². The zero-order valence-corrected chi connectivity index (χ0v) is 8.55. The highest BCUT2D eigenvalue weighted by Crippen LogP contribution is 2.23. The minimum Gasteiger partial charge on any atom is -0.464 e. The SMILES string of the molecule is CCOC(=O)C(F)c1cccc([N+](=O)[O-])c1. The molecule has 1 aromatic rings. The minimum absolute atomic E-state index is 0.0637. The van der Waals surface area contributed by atoms with Crippen LogP contribution in [0.4, 0.5) is 10.1 Å². The number of rotatable bonds is 4. The molecule has 86 valence electrons. The van der Waals surface area contributed by atoms with Crippen molar-refractivity contribution in [3.63, 3.8) is 0 Å². The van der Waals surface area contributed by atoms with Crippen molar-refractivity contribution in [3.05, 3.63) is 39.9 Å². The lowest BCUT2D eigenvalue weighted by Crippen LogP contribution is -2.11. The number of esters is 1. The van der Waals surface area contributed by atoms with Crippen LogP contribution in [0.1, 0.15) is 18.7 Å². The second-order valence-corrected chi connectivity index (χ2v) is 2.97. The molecule has 0 aliphatic carbocycles. The number of ether oxygens (including phenoxy) is 1. The molecule has 0 aliphatic heterocycles. The maximum atomic E-state index is 13.5. The molecule has 0 saturated carbocycles. The maximum absolute atomic E-state index is 13.5. The molecule has 0 aromatic heterocycles. The minimum atomic E-state index is -1.99. The lowest BCUT2D eigenvalue weighted by atomic mass is 10.1. The number of hydrogen-bond donors (Lipinski definition) is 0. The Bertz CT molecular complexity index is 408. The van der Waals surface area contributed by atoms with Gasteiger partial charge in [-0.15, -0.1) is 0 Å². The Morgan fingerprint density at radius 1 is 1.62 bits per heavy atom. The van der Waals surface area contributed by atoms with E-state index in [2.05, 4.69) is 4.74 Å². The van der Waals surface area contributed by atoms with Crippen molar-refractivity contribution >= 4 is 11.7 Å². The van der Waals surface area contributed by atoms with Gasteiger partial charge < -0.3 is 4.74 Å². The number of nitro groups is 1. The number of carbonyl (C=O) groups is 1. The van der Waals surface area contributed by atoms with E-state index in [4.69, 9.17) is 0 Å². The van der Waals surface area contributed by atoms with Gasteiger partial charge in [0.1, 0.15) is 0 Å². The summed E-state index contributed by atoms with van der Waals surface area (Å²) in [6.07, 6.45) is -1.99. The van der Waals surface area contributed by atoms with Gasteiger partial charge in [0.15, 0.2) is 0 Å². The number of hydrogen-bond acceptors (Lipinski definition) is 4. The molecule has 1 atom stereocenters. The first-order valence-corrected chi connectivity index (χ1v) is 4.61. The van der Waals surface area contributed by atoms with Crippen LogP contribution in [-0.2, 0) is 9.53 Å². The Morgan fingerprint density at radius 3 is 2.88 bits per heavy atom. The van der Waals surface area contributed by atoms with Crippen LogP contribution >= 0.6 is 0 Å². The summed E-state index contributed by atoms with van der Waals surface area (Å²) in [5.74, 6) is -1.04. The molecule has 1 rings (SSSR count). The van der Waals surface area contributed by atoms with Gasteiger partial charge in [0.2, 0.25) is 6.17 Å². The summed E-state index contributed by atoms with van der Waals surface area (Å²) >= 11 is 0. The van der Waals surface area contributed by atoms with Gasteiger partial charge in [-0.25, -0.2) is 9.18 Å². The van der Waals surface area contributed by atoms with Crippen molar-refractivity contribution in [1.82, 2.24) is 0 Å². The zero-order chi connectivity index (χ0) is 12.1.